The topological polar surface area (TPSA) is 34.2 Å². The van der Waals surface area contributed by atoms with Crippen LogP contribution in [0.3, 0.4) is 0 Å². The predicted octanol–water partition coefficient (Wildman–Crippen LogP) is 9.79. The molecule has 0 radical (unpaired) electrons. The van der Waals surface area contributed by atoms with Crippen molar-refractivity contribution in [3.8, 4) is 33.8 Å². The third kappa shape index (κ3) is 5.99. The zero-order chi connectivity index (χ0) is 25.5. The molecule has 3 nitrogen and oxygen atoms in total. The molecule has 0 aliphatic heterocycles. The fourth-order valence-corrected chi connectivity index (χ4v) is 4.83. The third-order valence-corrected chi connectivity index (χ3v) is 7.01. The molecule has 1 N–H and O–H groups in total. The molecule has 190 valence electrons. The van der Waals surface area contributed by atoms with Gasteiger partial charge in [-0.05, 0) is 83.6 Å². The fraction of sp³-hybridized carbons (Fsp3) is 0.294. The summed E-state index contributed by atoms with van der Waals surface area (Å²) in [5.41, 5.74) is 7.12. The maximum Gasteiger partial charge on any atom is 0.119 e. The third-order valence-electron chi connectivity index (χ3n) is 7.01. The number of rotatable bonds is 12. The summed E-state index contributed by atoms with van der Waals surface area (Å²) < 4.78 is 11.8. The van der Waals surface area contributed by atoms with Crippen molar-refractivity contribution < 1.29 is 9.47 Å². The van der Waals surface area contributed by atoms with Crippen molar-refractivity contribution in [2.45, 2.75) is 52.4 Å². The Kier molecular flexibility index (Phi) is 8.10. The zero-order valence-corrected chi connectivity index (χ0v) is 22.1. The van der Waals surface area contributed by atoms with Crippen molar-refractivity contribution in [3.05, 3.63) is 84.9 Å². The number of nitrogens with one attached hydrogen (secondary N) is 1. The van der Waals surface area contributed by atoms with Gasteiger partial charge < -0.3 is 14.5 Å². The van der Waals surface area contributed by atoms with Crippen molar-refractivity contribution in [1.29, 1.82) is 0 Å². The molecule has 0 saturated heterocycles. The Morgan fingerprint density at radius 1 is 0.486 bits per heavy atom. The average Bonchev–Trinajstić information content (AvgIpc) is 3.31. The van der Waals surface area contributed by atoms with Crippen molar-refractivity contribution in [3.63, 3.8) is 0 Å². The first-order valence-electron chi connectivity index (χ1n) is 13.8. The summed E-state index contributed by atoms with van der Waals surface area (Å²) in [6, 6.07) is 30.3. The quantitative estimate of drug-likeness (QED) is 0.176. The first-order chi connectivity index (χ1) is 18.2. The summed E-state index contributed by atoms with van der Waals surface area (Å²) in [5, 5.41) is 2.48. The van der Waals surface area contributed by atoms with Crippen LogP contribution in [0.1, 0.15) is 52.4 Å². The predicted molar refractivity (Wildman–Crippen MR) is 157 cm³/mol. The number of ether oxygens (including phenoxy) is 2. The monoisotopic (exact) mass is 491 g/mol. The van der Waals surface area contributed by atoms with Gasteiger partial charge in [0.05, 0.1) is 13.2 Å². The van der Waals surface area contributed by atoms with Gasteiger partial charge in [0.2, 0.25) is 0 Å². The minimum atomic E-state index is 0.783. The van der Waals surface area contributed by atoms with Crippen molar-refractivity contribution in [1.82, 2.24) is 4.98 Å². The molecule has 0 aliphatic rings. The van der Waals surface area contributed by atoms with Crippen LogP contribution in [0.4, 0.5) is 0 Å². The standard InChI is InChI=1S/C34H37NO2/c1-3-5-7-21-36-29-15-9-25(10-16-29)27-13-19-33-31(23-27)32-24-28(14-20-34(32)35-33)26-11-17-30(18-12-26)37-22-8-6-4-2/h9-20,23-24,35H,3-8,21-22H2,1-2H3. The lowest BCUT2D eigenvalue weighted by Gasteiger charge is -2.08. The van der Waals surface area contributed by atoms with Gasteiger partial charge in [0.1, 0.15) is 11.5 Å². The van der Waals surface area contributed by atoms with Gasteiger partial charge in [-0.15, -0.1) is 0 Å². The summed E-state index contributed by atoms with van der Waals surface area (Å²) in [7, 11) is 0. The Morgan fingerprint density at radius 3 is 1.30 bits per heavy atom. The summed E-state index contributed by atoms with van der Waals surface area (Å²) >= 11 is 0. The van der Waals surface area contributed by atoms with Crippen molar-refractivity contribution in [2.75, 3.05) is 13.2 Å². The second-order valence-electron chi connectivity index (χ2n) is 9.81. The van der Waals surface area contributed by atoms with E-state index in [1.165, 1.54) is 58.7 Å². The molecule has 37 heavy (non-hydrogen) atoms. The fourth-order valence-electron chi connectivity index (χ4n) is 4.83. The SMILES string of the molecule is CCCCCOc1ccc(-c2ccc3[nH]c4ccc(-c5ccc(OCCCCC)cc5)cc4c3c2)cc1. The second-order valence-corrected chi connectivity index (χ2v) is 9.81. The summed E-state index contributed by atoms with van der Waals surface area (Å²) in [6.45, 7) is 5.99. The molecule has 1 aromatic heterocycles. The van der Waals surface area contributed by atoms with Gasteiger partial charge in [-0.3, -0.25) is 0 Å². The maximum atomic E-state index is 5.89. The molecule has 5 rings (SSSR count). The Morgan fingerprint density at radius 2 is 0.892 bits per heavy atom. The molecule has 0 unspecified atom stereocenters. The van der Waals surface area contributed by atoms with Crippen LogP contribution in [0, 0.1) is 0 Å². The van der Waals surface area contributed by atoms with E-state index in [0.29, 0.717) is 0 Å². The molecule has 4 aromatic carbocycles. The van der Waals surface area contributed by atoms with Crippen LogP contribution in [0.15, 0.2) is 84.9 Å². The van der Waals surface area contributed by atoms with Gasteiger partial charge in [0, 0.05) is 21.8 Å². The van der Waals surface area contributed by atoms with Crippen LogP contribution in [0.25, 0.3) is 44.1 Å². The van der Waals surface area contributed by atoms with E-state index in [9.17, 15) is 0 Å². The molecule has 0 bridgehead atoms. The van der Waals surface area contributed by atoms with Gasteiger partial charge in [-0.2, -0.15) is 0 Å². The van der Waals surface area contributed by atoms with E-state index < -0.39 is 0 Å². The number of hydrogen-bond acceptors (Lipinski definition) is 2. The smallest absolute Gasteiger partial charge is 0.119 e. The minimum Gasteiger partial charge on any atom is -0.494 e. The Hall–Kier alpha value is -3.72. The lowest BCUT2D eigenvalue weighted by Crippen LogP contribution is -1.96. The number of fused-ring (bicyclic) bond motifs is 3. The maximum absolute atomic E-state index is 5.89. The number of aromatic nitrogens is 1. The van der Waals surface area contributed by atoms with E-state index >= 15 is 0 Å². The molecular weight excluding hydrogens is 454 g/mol. The summed E-state index contributed by atoms with van der Waals surface area (Å²) in [4.78, 5) is 3.58. The molecule has 0 amide bonds. The van der Waals surface area contributed by atoms with Crippen molar-refractivity contribution >= 4 is 21.8 Å². The first kappa shape index (κ1) is 25.0. The van der Waals surface area contributed by atoms with Gasteiger partial charge in [-0.25, -0.2) is 0 Å². The number of hydrogen-bond donors (Lipinski definition) is 1. The highest BCUT2D eigenvalue weighted by molar-refractivity contribution is 6.09. The molecule has 3 heteroatoms. The first-order valence-corrected chi connectivity index (χ1v) is 13.8. The zero-order valence-electron chi connectivity index (χ0n) is 22.1. The molecule has 1 heterocycles. The number of unbranched alkanes of at least 4 members (excludes halogenated alkanes) is 4. The van der Waals surface area contributed by atoms with Gasteiger partial charge in [0.25, 0.3) is 0 Å². The number of aromatic amines is 1. The highest BCUT2D eigenvalue weighted by atomic mass is 16.5. The molecule has 0 fully saturated rings. The Balaban J connectivity index is 1.36. The summed E-state index contributed by atoms with van der Waals surface area (Å²) in [5.74, 6) is 1.88. The normalized spacial score (nSPS) is 11.3. The van der Waals surface area contributed by atoms with Gasteiger partial charge >= 0.3 is 0 Å². The van der Waals surface area contributed by atoms with E-state index in [1.807, 2.05) is 0 Å². The van der Waals surface area contributed by atoms with E-state index in [2.05, 4.69) is 104 Å². The van der Waals surface area contributed by atoms with Crippen LogP contribution >= 0.6 is 0 Å². The highest BCUT2D eigenvalue weighted by Gasteiger charge is 2.09. The Bertz CT molecular complexity index is 1320. The van der Waals surface area contributed by atoms with Gasteiger partial charge in [0.15, 0.2) is 0 Å². The number of H-pyrrole nitrogens is 1. The van der Waals surface area contributed by atoms with E-state index in [-0.39, 0.29) is 0 Å². The lowest BCUT2D eigenvalue weighted by molar-refractivity contribution is 0.306. The van der Waals surface area contributed by atoms with Crippen molar-refractivity contribution in [2.24, 2.45) is 0 Å². The van der Waals surface area contributed by atoms with E-state index in [4.69, 9.17) is 9.47 Å². The van der Waals surface area contributed by atoms with Crippen LogP contribution in [0.5, 0.6) is 11.5 Å². The van der Waals surface area contributed by atoms with E-state index in [0.717, 1.165) is 48.6 Å². The Labute approximate surface area is 220 Å². The van der Waals surface area contributed by atoms with Crippen LogP contribution < -0.4 is 9.47 Å². The average molecular weight is 492 g/mol. The largest absolute Gasteiger partial charge is 0.494 e. The summed E-state index contributed by atoms with van der Waals surface area (Å²) in [6.07, 6.45) is 7.05. The molecule has 0 aliphatic carbocycles. The minimum absolute atomic E-state index is 0.783. The molecule has 0 spiro atoms. The lowest BCUT2D eigenvalue weighted by atomic mass is 10.00. The van der Waals surface area contributed by atoms with Crippen LogP contribution in [0.2, 0.25) is 0 Å². The molecule has 0 atom stereocenters. The highest BCUT2D eigenvalue weighted by Crippen LogP contribution is 2.34. The number of benzene rings is 4. The van der Waals surface area contributed by atoms with Crippen LogP contribution in [-0.4, -0.2) is 18.2 Å². The molecule has 5 aromatic rings. The molecule has 0 saturated carbocycles. The second kappa shape index (κ2) is 12.0. The molecular formula is C34H37NO2. The van der Waals surface area contributed by atoms with Crippen LogP contribution in [-0.2, 0) is 0 Å². The van der Waals surface area contributed by atoms with Gasteiger partial charge in [-0.1, -0.05) is 75.9 Å². The van der Waals surface area contributed by atoms with E-state index in [1.54, 1.807) is 0 Å².